The Morgan fingerprint density at radius 1 is 1.25 bits per heavy atom. The Bertz CT molecular complexity index is 664. The highest BCUT2D eigenvalue weighted by Crippen LogP contribution is 2.31. The van der Waals surface area contributed by atoms with Gasteiger partial charge in [-0.25, -0.2) is 8.42 Å². The minimum absolute atomic E-state index is 0.0543. The SMILES string of the molecule is O=S(=O)(C1=[N+]([O-])OC2C=CCCC2C1)c1ccccc1. The average molecular weight is 293 g/mol. The highest BCUT2D eigenvalue weighted by Gasteiger charge is 2.40. The average Bonchev–Trinajstić information content (AvgIpc) is 2.47. The molecule has 0 saturated carbocycles. The normalized spacial score (nSPS) is 26.0. The van der Waals surface area contributed by atoms with E-state index in [2.05, 4.69) is 0 Å². The van der Waals surface area contributed by atoms with Crippen molar-refractivity contribution in [2.45, 2.75) is 30.3 Å². The van der Waals surface area contributed by atoms with Crippen LogP contribution in [0.25, 0.3) is 0 Å². The zero-order valence-electron chi connectivity index (χ0n) is 10.8. The first-order chi connectivity index (χ1) is 9.59. The van der Waals surface area contributed by atoms with Crippen LogP contribution in [-0.4, -0.2) is 24.5 Å². The number of hydrogen-bond acceptors (Lipinski definition) is 4. The molecular weight excluding hydrogens is 278 g/mol. The molecule has 5 nitrogen and oxygen atoms in total. The molecule has 2 atom stereocenters. The van der Waals surface area contributed by atoms with Crippen LogP contribution in [0.15, 0.2) is 47.4 Å². The predicted molar refractivity (Wildman–Crippen MR) is 73.6 cm³/mol. The molecular formula is C14H15NO4S. The first kappa shape index (κ1) is 13.2. The molecule has 0 amide bonds. The van der Waals surface area contributed by atoms with Crippen molar-refractivity contribution < 1.29 is 18.2 Å². The molecule has 0 N–H and O–H groups in total. The number of sulfone groups is 1. The van der Waals surface area contributed by atoms with Gasteiger partial charge in [0, 0.05) is 0 Å². The maximum absolute atomic E-state index is 12.5. The molecule has 3 rings (SSSR count). The molecule has 0 radical (unpaired) electrons. The molecule has 1 heterocycles. The van der Waals surface area contributed by atoms with Gasteiger partial charge in [-0.05, 0) is 30.9 Å². The van der Waals surface area contributed by atoms with E-state index in [-0.39, 0.29) is 33.3 Å². The summed E-state index contributed by atoms with van der Waals surface area (Å²) in [5, 5.41) is 11.7. The topological polar surface area (TPSA) is 69.4 Å². The second kappa shape index (κ2) is 4.94. The number of benzene rings is 1. The second-order valence-corrected chi connectivity index (χ2v) is 6.96. The fourth-order valence-electron chi connectivity index (χ4n) is 2.61. The summed E-state index contributed by atoms with van der Waals surface area (Å²) >= 11 is 0. The highest BCUT2D eigenvalue weighted by atomic mass is 32.2. The van der Waals surface area contributed by atoms with Crippen molar-refractivity contribution >= 4 is 14.9 Å². The van der Waals surface area contributed by atoms with Crippen molar-refractivity contribution in [2.24, 2.45) is 5.92 Å². The van der Waals surface area contributed by atoms with Crippen LogP contribution in [-0.2, 0) is 14.7 Å². The van der Waals surface area contributed by atoms with Gasteiger partial charge in [0.1, 0.15) is 0 Å². The fraction of sp³-hybridized carbons (Fsp3) is 0.357. The Hall–Kier alpha value is -1.82. The predicted octanol–water partition coefficient (Wildman–Crippen LogP) is 2.04. The zero-order chi connectivity index (χ0) is 14.2. The van der Waals surface area contributed by atoms with Crippen molar-refractivity contribution in [1.29, 1.82) is 0 Å². The fourth-order valence-corrected chi connectivity index (χ4v) is 4.07. The molecule has 0 aromatic heterocycles. The third-order valence-corrected chi connectivity index (χ3v) is 5.55. The number of allylic oxidation sites excluding steroid dienone is 1. The molecule has 106 valence electrons. The summed E-state index contributed by atoms with van der Waals surface area (Å²) in [6.45, 7) is 0. The minimum Gasteiger partial charge on any atom is -0.395 e. The van der Waals surface area contributed by atoms with E-state index in [9.17, 15) is 13.6 Å². The van der Waals surface area contributed by atoms with Crippen molar-refractivity contribution in [3.05, 3.63) is 47.7 Å². The van der Waals surface area contributed by atoms with Crippen LogP contribution in [0, 0.1) is 11.1 Å². The summed E-state index contributed by atoms with van der Waals surface area (Å²) in [6, 6.07) is 7.99. The van der Waals surface area contributed by atoms with Gasteiger partial charge in [-0.2, -0.15) is 0 Å². The molecule has 1 aromatic carbocycles. The molecule has 0 fully saturated rings. The van der Waals surface area contributed by atoms with Crippen molar-refractivity contribution in [1.82, 2.24) is 0 Å². The lowest BCUT2D eigenvalue weighted by Crippen LogP contribution is -2.40. The van der Waals surface area contributed by atoms with Crippen LogP contribution >= 0.6 is 0 Å². The molecule has 1 aliphatic heterocycles. The van der Waals surface area contributed by atoms with Gasteiger partial charge in [0.2, 0.25) is 0 Å². The van der Waals surface area contributed by atoms with Gasteiger partial charge < -0.3 is 4.84 Å². The van der Waals surface area contributed by atoms with Gasteiger partial charge in [0.05, 0.1) is 22.3 Å². The Morgan fingerprint density at radius 2 is 2.00 bits per heavy atom. The lowest BCUT2D eigenvalue weighted by atomic mass is 9.89. The van der Waals surface area contributed by atoms with E-state index in [0.29, 0.717) is 0 Å². The largest absolute Gasteiger partial charge is 0.395 e. The second-order valence-electron chi connectivity index (χ2n) is 5.01. The Morgan fingerprint density at radius 3 is 2.75 bits per heavy atom. The number of rotatable bonds is 1. The third-order valence-electron chi connectivity index (χ3n) is 3.72. The maximum atomic E-state index is 12.5. The molecule has 1 aliphatic carbocycles. The van der Waals surface area contributed by atoms with Crippen molar-refractivity contribution in [2.75, 3.05) is 0 Å². The van der Waals surface area contributed by atoms with E-state index >= 15 is 0 Å². The van der Waals surface area contributed by atoms with Gasteiger partial charge in [-0.1, -0.05) is 30.4 Å². The summed E-state index contributed by atoms with van der Waals surface area (Å²) < 4.78 is 25.0. The molecule has 0 saturated heterocycles. The molecule has 2 unspecified atom stereocenters. The smallest absolute Gasteiger partial charge is 0.339 e. The van der Waals surface area contributed by atoms with Crippen LogP contribution in [0.2, 0.25) is 0 Å². The third kappa shape index (κ3) is 2.20. The lowest BCUT2D eigenvalue weighted by Gasteiger charge is -2.32. The summed E-state index contributed by atoms with van der Waals surface area (Å²) in [6.07, 6.45) is 5.45. The van der Waals surface area contributed by atoms with Crippen molar-refractivity contribution in [3.63, 3.8) is 0 Å². The maximum Gasteiger partial charge on any atom is 0.339 e. The van der Waals surface area contributed by atoms with Crippen LogP contribution in [0.3, 0.4) is 0 Å². The number of nitrogens with zero attached hydrogens (tertiary/aromatic N) is 1. The Labute approximate surface area is 117 Å². The van der Waals surface area contributed by atoms with E-state index in [1.54, 1.807) is 18.2 Å². The molecule has 0 bridgehead atoms. The summed E-state index contributed by atoms with van der Waals surface area (Å²) in [5.74, 6) is 0.0543. The lowest BCUT2D eigenvalue weighted by molar-refractivity contribution is -0.755. The van der Waals surface area contributed by atoms with Crippen LogP contribution in [0.5, 0.6) is 0 Å². The van der Waals surface area contributed by atoms with E-state index in [4.69, 9.17) is 4.84 Å². The van der Waals surface area contributed by atoms with E-state index in [1.165, 1.54) is 12.1 Å². The first-order valence-electron chi connectivity index (χ1n) is 6.56. The van der Waals surface area contributed by atoms with Gasteiger partial charge in [-0.3, -0.25) is 5.21 Å². The molecule has 20 heavy (non-hydrogen) atoms. The van der Waals surface area contributed by atoms with Crippen LogP contribution in [0.1, 0.15) is 19.3 Å². The molecule has 1 aromatic rings. The van der Waals surface area contributed by atoms with Crippen LogP contribution < -0.4 is 0 Å². The molecule has 6 heteroatoms. The molecule has 0 spiro atoms. The van der Waals surface area contributed by atoms with Gasteiger partial charge >= 0.3 is 5.04 Å². The van der Waals surface area contributed by atoms with E-state index in [0.717, 1.165) is 12.8 Å². The first-order valence-corrected chi connectivity index (χ1v) is 8.04. The van der Waals surface area contributed by atoms with Gasteiger partial charge in [-0.15, -0.1) is 0 Å². The van der Waals surface area contributed by atoms with E-state index in [1.807, 2.05) is 12.2 Å². The van der Waals surface area contributed by atoms with Crippen LogP contribution in [0.4, 0.5) is 0 Å². The standard InChI is InChI=1S/C14H15NO4S/c16-15-14(10-11-6-4-5-9-13(11)19-15)20(17,18)12-7-2-1-3-8-12/h1-3,5,7-9,11,13H,4,6,10H2. The number of hydrogen-bond donors (Lipinski definition) is 0. The Kier molecular flexibility index (Phi) is 3.25. The Balaban J connectivity index is 1.99. The monoisotopic (exact) mass is 293 g/mol. The van der Waals surface area contributed by atoms with Gasteiger partial charge in [0.15, 0.2) is 0 Å². The van der Waals surface area contributed by atoms with Crippen molar-refractivity contribution in [3.8, 4) is 0 Å². The zero-order valence-corrected chi connectivity index (χ0v) is 11.6. The highest BCUT2D eigenvalue weighted by molar-refractivity contribution is 8.06. The van der Waals surface area contributed by atoms with E-state index < -0.39 is 9.84 Å². The summed E-state index contributed by atoms with van der Waals surface area (Å²) in [7, 11) is -3.78. The number of fused-ring (bicyclic) bond motifs is 1. The summed E-state index contributed by atoms with van der Waals surface area (Å²) in [4.78, 5) is 5.49. The quantitative estimate of drug-likeness (QED) is 0.587. The molecule has 2 aliphatic rings. The summed E-state index contributed by atoms with van der Waals surface area (Å²) in [5.41, 5.74) is 0. The van der Waals surface area contributed by atoms with Gasteiger partial charge in [0.25, 0.3) is 9.84 Å². The minimum atomic E-state index is -3.78.